The lowest BCUT2D eigenvalue weighted by Crippen LogP contribution is -2.37. The molecule has 0 aromatic carbocycles. The molecule has 1 N–H and O–H groups in total. The Labute approximate surface area is 98.9 Å². The molecular formula is C11H16N2O2S. The predicted octanol–water partition coefficient (Wildman–Crippen LogP) is 1.72. The number of carboxylic acid groups (broad SMARTS) is 1. The molecule has 0 aliphatic carbocycles. The maximum atomic E-state index is 10.7. The molecule has 1 atom stereocenters. The molecule has 1 aromatic rings. The summed E-state index contributed by atoms with van der Waals surface area (Å²) in [6, 6.07) is 0. The highest BCUT2D eigenvalue weighted by Crippen LogP contribution is 2.28. The topological polar surface area (TPSA) is 53.4 Å². The first-order valence-electron chi connectivity index (χ1n) is 5.51. The smallest absolute Gasteiger partial charge is 0.317 e. The standard InChI is InChI=1S/C11H16N2O2S/c1-8-7-16-11(12-8)9-3-2-4-13(5-9)6-10(14)15/h7,9H,2-6H2,1H3,(H,14,15). The Hall–Kier alpha value is -0.940. The second kappa shape index (κ2) is 4.93. The third kappa shape index (κ3) is 2.80. The van der Waals surface area contributed by atoms with Gasteiger partial charge in [0.05, 0.1) is 11.6 Å². The molecule has 0 amide bonds. The Balaban J connectivity index is 1.99. The van der Waals surface area contributed by atoms with E-state index < -0.39 is 5.97 Å². The minimum Gasteiger partial charge on any atom is -0.480 e. The molecular weight excluding hydrogens is 224 g/mol. The molecule has 1 aliphatic rings. The van der Waals surface area contributed by atoms with Crippen LogP contribution in [-0.4, -0.2) is 40.6 Å². The number of nitrogens with zero attached hydrogens (tertiary/aromatic N) is 2. The molecule has 1 saturated heterocycles. The monoisotopic (exact) mass is 240 g/mol. The molecule has 2 heterocycles. The molecule has 0 saturated carbocycles. The molecule has 88 valence electrons. The SMILES string of the molecule is Cc1csc(C2CCCN(CC(=O)O)C2)n1. The van der Waals surface area contributed by atoms with Crippen molar-refractivity contribution in [2.24, 2.45) is 0 Å². The first kappa shape index (κ1) is 11.5. The second-order valence-corrected chi connectivity index (χ2v) is 5.18. The van der Waals surface area contributed by atoms with E-state index in [4.69, 9.17) is 5.11 Å². The van der Waals surface area contributed by atoms with Gasteiger partial charge in [0.25, 0.3) is 0 Å². The summed E-state index contributed by atoms with van der Waals surface area (Å²) in [6.07, 6.45) is 2.19. The Morgan fingerprint density at radius 2 is 2.56 bits per heavy atom. The highest BCUT2D eigenvalue weighted by atomic mass is 32.1. The van der Waals surface area contributed by atoms with Crippen molar-refractivity contribution in [1.29, 1.82) is 0 Å². The molecule has 0 spiro atoms. The van der Waals surface area contributed by atoms with Gasteiger partial charge in [0, 0.05) is 23.5 Å². The average molecular weight is 240 g/mol. The Morgan fingerprint density at radius 1 is 1.75 bits per heavy atom. The van der Waals surface area contributed by atoms with Crippen LogP contribution in [0.4, 0.5) is 0 Å². The maximum absolute atomic E-state index is 10.7. The van der Waals surface area contributed by atoms with Gasteiger partial charge in [-0.05, 0) is 26.3 Å². The molecule has 0 radical (unpaired) electrons. The molecule has 1 unspecified atom stereocenters. The summed E-state index contributed by atoms with van der Waals surface area (Å²) in [5, 5.41) is 12.0. The summed E-state index contributed by atoms with van der Waals surface area (Å²) in [5.41, 5.74) is 1.07. The average Bonchev–Trinajstić information content (AvgIpc) is 2.64. The number of rotatable bonds is 3. The van der Waals surface area contributed by atoms with Gasteiger partial charge in [0.15, 0.2) is 0 Å². The number of aromatic nitrogens is 1. The van der Waals surface area contributed by atoms with E-state index in [1.54, 1.807) is 11.3 Å². The number of aliphatic carboxylic acids is 1. The van der Waals surface area contributed by atoms with E-state index in [0.29, 0.717) is 5.92 Å². The highest BCUT2D eigenvalue weighted by Gasteiger charge is 2.24. The molecule has 0 bridgehead atoms. The third-order valence-electron chi connectivity index (χ3n) is 2.85. The highest BCUT2D eigenvalue weighted by molar-refractivity contribution is 7.09. The van der Waals surface area contributed by atoms with E-state index in [0.717, 1.165) is 36.6 Å². The summed E-state index contributed by atoms with van der Waals surface area (Å²) in [5.74, 6) is -0.317. The minimum absolute atomic E-state index is 0.154. The van der Waals surface area contributed by atoms with Crippen LogP contribution < -0.4 is 0 Å². The van der Waals surface area contributed by atoms with Crippen molar-refractivity contribution in [3.05, 3.63) is 16.1 Å². The van der Waals surface area contributed by atoms with Gasteiger partial charge in [0.1, 0.15) is 0 Å². The van der Waals surface area contributed by atoms with Gasteiger partial charge < -0.3 is 5.11 Å². The van der Waals surface area contributed by atoms with Crippen LogP contribution in [0.5, 0.6) is 0 Å². The lowest BCUT2D eigenvalue weighted by molar-refractivity contribution is -0.138. The van der Waals surface area contributed by atoms with Crippen molar-refractivity contribution < 1.29 is 9.90 Å². The van der Waals surface area contributed by atoms with Gasteiger partial charge in [-0.25, -0.2) is 4.98 Å². The lowest BCUT2D eigenvalue weighted by Gasteiger charge is -2.30. The Kier molecular flexibility index (Phi) is 3.56. The van der Waals surface area contributed by atoms with Crippen LogP contribution in [0.3, 0.4) is 0 Å². The first-order valence-corrected chi connectivity index (χ1v) is 6.39. The molecule has 4 nitrogen and oxygen atoms in total. The zero-order valence-corrected chi connectivity index (χ0v) is 10.2. The fourth-order valence-corrected chi connectivity index (χ4v) is 3.08. The number of aryl methyl sites for hydroxylation is 1. The van der Waals surface area contributed by atoms with Crippen LogP contribution in [0.15, 0.2) is 5.38 Å². The van der Waals surface area contributed by atoms with E-state index in [9.17, 15) is 4.79 Å². The molecule has 1 aliphatic heterocycles. The van der Waals surface area contributed by atoms with Crippen molar-refractivity contribution in [2.75, 3.05) is 19.6 Å². The van der Waals surface area contributed by atoms with Crippen LogP contribution in [0.25, 0.3) is 0 Å². The fraction of sp³-hybridized carbons (Fsp3) is 0.636. The molecule has 16 heavy (non-hydrogen) atoms. The first-order chi connectivity index (χ1) is 7.65. The number of hydrogen-bond donors (Lipinski definition) is 1. The lowest BCUT2D eigenvalue weighted by atomic mass is 9.99. The second-order valence-electron chi connectivity index (χ2n) is 4.30. The van der Waals surface area contributed by atoms with Crippen LogP contribution in [0.2, 0.25) is 0 Å². The van der Waals surface area contributed by atoms with Crippen molar-refractivity contribution in [3.63, 3.8) is 0 Å². The summed E-state index contributed by atoms with van der Waals surface area (Å²) in [4.78, 5) is 17.2. The van der Waals surface area contributed by atoms with Crippen LogP contribution >= 0.6 is 11.3 Å². The van der Waals surface area contributed by atoms with E-state index in [-0.39, 0.29) is 6.54 Å². The number of likely N-dealkylation sites (tertiary alicyclic amines) is 1. The Morgan fingerprint density at radius 3 is 3.19 bits per heavy atom. The van der Waals surface area contributed by atoms with Gasteiger partial charge in [-0.3, -0.25) is 9.69 Å². The Bertz CT molecular complexity index is 378. The van der Waals surface area contributed by atoms with Gasteiger partial charge >= 0.3 is 5.97 Å². The molecule has 5 heteroatoms. The van der Waals surface area contributed by atoms with E-state index in [1.807, 2.05) is 11.8 Å². The summed E-state index contributed by atoms with van der Waals surface area (Å²) >= 11 is 1.69. The summed E-state index contributed by atoms with van der Waals surface area (Å²) in [7, 11) is 0. The summed E-state index contributed by atoms with van der Waals surface area (Å²) < 4.78 is 0. The van der Waals surface area contributed by atoms with E-state index >= 15 is 0 Å². The van der Waals surface area contributed by atoms with Gasteiger partial charge in [0.2, 0.25) is 0 Å². The minimum atomic E-state index is -0.740. The quantitative estimate of drug-likeness (QED) is 0.874. The van der Waals surface area contributed by atoms with Crippen LogP contribution in [0.1, 0.15) is 29.5 Å². The molecule has 2 rings (SSSR count). The number of carboxylic acids is 1. The van der Waals surface area contributed by atoms with E-state index in [2.05, 4.69) is 10.4 Å². The number of piperidine rings is 1. The maximum Gasteiger partial charge on any atom is 0.317 e. The number of hydrogen-bond acceptors (Lipinski definition) is 4. The van der Waals surface area contributed by atoms with Crippen molar-refractivity contribution >= 4 is 17.3 Å². The molecule has 1 fully saturated rings. The number of thiazole rings is 1. The van der Waals surface area contributed by atoms with Crippen LogP contribution in [-0.2, 0) is 4.79 Å². The predicted molar refractivity (Wildman–Crippen MR) is 62.9 cm³/mol. The summed E-state index contributed by atoms with van der Waals surface area (Å²) in [6.45, 7) is 3.88. The zero-order chi connectivity index (χ0) is 11.5. The number of carbonyl (C=O) groups is 1. The largest absolute Gasteiger partial charge is 0.480 e. The van der Waals surface area contributed by atoms with Crippen LogP contribution in [0, 0.1) is 6.92 Å². The zero-order valence-electron chi connectivity index (χ0n) is 9.35. The van der Waals surface area contributed by atoms with Crippen molar-refractivity contribution in [3.8, 4) is 0 Å². The van der Waals surface area contributed by atoms with Gasteiger partial charge in [-0.1, -0.05) is 0 Å². The normalized spacial score (nSPS) is 22.2. The third-order valence-corrected chi connectivity index (χ3v) is 3.98. The fourth-order valence-electron chi connectivity index (χ4n) is 2.15. The molecule has 1 aromatic heterocycles. The van der Waals surface area contributed by atoms with Crippen molar-refractivity contribution in [2.45, 2.75) is 25.7 Å². The van der Waals surface area contributed by atoms with Gasteiger partial charge in [-0.15, -0.1) is 11.3 Å². The van der Waals surface area contributed by atoms with Gasteiger partial charge in [-0.2, -0.15) is 0 Å². The van der Waals surface area contributed by atoms with Crippen molar-refractivity contribution in [1.82, 2.24) is 9.88 Å². The van der Waals surface area contributed by atoms with E-state index in [1.165, 1.54) is 0 Å².